The molecular formula is C13H25N3S. The molecule has 1 aromatic rings. The van der Waals surface area contributed by atoms with E-state index in [1.54, 1.807) is 0 Å². The summed E-state index contributed by atoms with van der Waals surface area (Å²) in [4.78, 5) is 2.39. The Labute approximate surface area is 110 Å². The van der Waals surface area contributed by atoms with Crippen molar-refractivity contribution in [1.29, 1.82) is 0 Å². The van der Waals surface area contributed by atoms with Gasteiger partial charge in [-0.2, -0.15) is 16.9 Å². The average molecular weight is 255 g/mol. The second-order valence-electron chi connectivity index (χ2n) is 4.79. The van der Waals surface area contributed by atoms with E-state index in [0.717, 1.165) is 24.0 Å². The van der Waals surface area contributed by atoms with E-state index in [9.17, 15) is 0 Å². The Kier molecular flexibility index (Phi) is 6.06. The Hall–Kier alpha value is -0.480. The van der Waals surface area contributed by atoms with Gasteiger partial charge >= 0.3 is 0 Å². The third-order valence-corrected chi connectivity index (χ3v) is 4.16. The maximum absolute atomic E-state index is 4.48. The highest BCUT2D eigenvalue weighted by Gasteiger charge is 2.05. The predicted molar refractivity (Wildman–Crippen MR) is 76.8 cm³/mol. The Balaban J connectivity index is 2.28. The molecule has 1 rings (SSSR count). The van der Waals surface area contributed by atoms with Crippen molar-refractivity contribution in [3.8, 4) is 0 Å². The van der Waals surface area contributed by atoms with Crippen LogP contribution in [0, 0.1) is 13.8 Å². The average Bonchev–Trinajstić information content (AvgIpc) is 2.62. The molecule has 17 heavy (non-hydrogen) atoms. The van der Waals surface area contributed by atoms with Gasteiger partial charge in [0.1, 0.15) is 0 Å². The van der Waals surface area contributed by atoms with Gasteiger partial charge in [-0.05, 0) is 46.2 Å². The van der Waals surface area contributed by atoms with E-state index in [0.29, 0.717) is 0 Å². The van der Waals surface area contributed by atoms with Crippen molar-refractivity contribution in [2.75, 3.05) is 26.4 Å². The second kappa shape index (κ2) is 7.07. The van der Waals surface area contributed by atoms with Gasteiger partial charge in [-0.3, -0.25) is 4.68 Å². The Morgan fingerprint density at radius 3 is 2.65 bits per heavy atom. The Bertz CT molecular complexity index is 335. The number of hydrogen-bond acceptors (Lipinski definition) is 3. The fourth-order valence-corrected chi connectivity index (χ4v) is 2.14. The molecule has 1 unspecified atom stereocenters. The van der Waals surface area contributed by atoms with Gasteiger partial charge in [0.15, 0.2) is 0 Å². The molecule has 1 heterocycles. The van der Waals surface area contributed by atoms with Crippen LogP contribution in [0.5, 0.6) is 0 Å². The van der Waals surface area contributed by atoms with Crippen LogP contribution in [0.25, 0.3) is 0 Å². The molecule has 0 spiro atoms. The molecule has 0 amide bonds. The van der Waals surface area contributed by atoms with Gasteiger partial charge in [-0.15, -0.1) is 0 Å². The Morgan fingerprint density at radius 1 is 1.41 bits per heavy atom. The predicted octanol–water partition coefficient (Wildman–Crippen LogP) is 2.57. The van der Waals surface area contributed by atoms with Crippen molar-refractivity contribution in [1.82, 2.24) is 14.7 Å². The van der Waals surface area contributed by atoms with Crippen molar-refractivity contribution >= 4 is 11.8 Å². The largest absolute Gasteiger partial charge is 0.304 e. The SMILES string of the molecule is CSC(C)CCN(C)CCn1nc(C)cc1C. The zero-order valence-corrected chi connectivity index (χ0v) is 12.5. The lowest BCUT2D eigenvalue weighted by atomic mass is 10.3. The number of aryl methyl sites for hydroxylation is 2. The number of aromatic nitrogens is 2. The highest BCUT2D eigenvalue weighted by molar-refractivity contribution is 7.99. The lowest BCUT2D eigenvalue weighted by Gasteiger charge is -2.18. The molecule has 4 heteroatoms. The molecule has 1 aromatic heterocycles. The van der Waals surface area contributed by atoms with E-state index < -0.39 is 0 Å². The monoisotopic (exact) mass is 255 g/mol. The highest BCUT2D eigenvalue weighted by Crippen LogP contribution is 2.09. The van der Waals surface area contributed by atoms with Gasteiger partial charge in [0.25, 0.3) is 0 Å². The van der Waals surface area contributed by atoms with Crippen molar-refractivity contribution in [2.24, 2.45) is 0 Å². The number of nitrogens with zero attached hydrogens (tertiary/aromatic N) is 3. The lowest BCUT2D eigenvalue weighted by molar-refractivity contribution is 0.307. The number of rotatable bonds is 7. The summed E-state index contributed by atoms with van der Waals surface area (Å²) >= 11 is 1.94. The first-order valence-electron chi connectivity index (χ1n) is 6.25. The standard InChI is InChI=1S/C13H25N3S/c1-11-10-12(2)16(14-11)9-8-15(4)7-6-13(3)17-5/h10,13H,6-9H2,1-5H3. The highest BCUT2D eigenvalue weighted by atomic mass is 32.2. The smallest absolute Gasteiger partial charge is 0.0596 e. The molecule has 0 aromatic carbocycles. The van der Waals surface area contributed by atoms with Crippen LogP contribution in [0.1, 0.15) is 24.7 Å². The zero-order chi connectivity index (χ0) is 12.8. The third kappa shape index (κ3) is 5.13. The summed E-state index contributed by atoms with van der Waals surface area (Å²) in [6, 6.07) is 2.13. The molecule has 1 atom stereocenters. The quantitative estimate of drug-likeness (QED) is 0.747. The first-order chi connectivity index (χ1) is 8.02. The topological polar surface area (TPSA) is 21.1 Å². The maximum atomic E-state index is 4.48. The van der Waals surface area contributed by atoms with Crippen LogP contribution in [0.3, 0.4) is 0 Å². The summed E-state index contributed by atoms with van der Waals surface area (Å²) in [7, 11) is 2.19. The molecule has 0 radical (unpaired) electrons. The van der Waals surface area contributed by atoms with Gasteiger partial charge < -0.3 is 4.90 Å². The molecular weight excluding hydrogens is 230 g/mol. The zero-order valence-electron chi connectivity index (χ0n) is 11.7. The molecule has 0 aliphatic heterocycles. The van der Waals surface area contributed by atoms with Gasteiger partial charge in [-0.25, -0.2) is 0 Å². The molecule has 98 valence electrons. The van der Waals surface area contributed by atoms with E-state index in [4.69, 9.17) is 0 Å². The van der Waals surface area contributed by atoms with Crippen LogP contribution in [0.4, 0.5) is 0 Å². The van der Waals surface area contributed by atoms with Gasteiger partial charge in [0.05, 0.1) is 12.2 Å². The molecule has 0 N–H and O–H groups in total. The van der Waals surface area contributed by atoms with Crippen LogP contribution in [-0.4, -0.2) is 46.3 Å². The van der Waals surface area contributed by atoms with Gasteiger partial charge in [0, 0.05) is 17.5 Å². The molecule has 0 aliphatic carbocycles. The summed E-state index contributed by atoms with van der Waals surface area (Å²) in [6.07, 6.45) is 3.44. The molecule has 0 saturated heterocycles. The summed E-state index contributed by atoms with van der Waals surface area (Å²) in [5.74, 6) is 0. The maximum Gasteiger partial charge on any atom is 0.0596 e. The minimum atomic E-state index is 0.756. The van der Waals surface area contributed by atoms with Crippen LogP contribution in [0.2, 0.25) is 0 Å². The van der Waals surface area contributed by atoms with E-state index in [-0.39, 0.29) is 0 Å². The van der Waals surface area contributed by atoms with E-state index in [1.165, 1.54) is 18.7 Å². The van der Waals surface area contributed by atoms with Crippen molar-refractivity contribution in [3.63, 3.8) is 0 Å². The third-order valence-electron chi connectivity index (χ3n) is 3.12. The lowest BCUT2D eigenvalue weighted by Crippen LogP contribution is -2.26. The minimum Gasteiger partial charge on any atom is -0.304 e. The van der Waals surface area contributed by atoms with Gasteiger partial charge in [-0.1, -0.05) is 6.92 Å². The van der Waals surface area contributed by atoms with Crippen LogP contribution in [-0.2, 0) is 6.54 Å². The molecule has 0 saturated carbocycles. The van der Waals surface area contributed by atoms with Crippen molar-refractivity contribution in [3.05, 3.63) is 17.5 Å². The minimum absolute atomic E-state index is 0.756. The van der Waals surface area contributed by atoms with E-state index in [1.807, 2.05) is 18.7 Å². The molecule has 3 nitrogen and oxygen atoms in total. The summed E-state index contributed by atoms with van der Waals surface area (Å²) in [5.41, 5.74) is 2.37. The second-order valence-corrected chi connectivity index (χ2v) is 6.06. The van der Waals surface area contributed by atoms with Crippen molar-refractivity contribution in [2.45, 2.75) is 39.0 Å². The Morgan fingerprint density at radius 2 is 2.12 bits per heavy atom. The van der Waals surface area contributed by atoms with Crippen molar-refractivity contribution < 1.29 is 0 Å². The first kappa shape index (κ1) is 14.6. The molecule has 0 fully saturated rings. The number of likely N-dealkylation sites (N-methyl/N-ethyl adjacent to an activating group) is 1. The number of hydrogen-bond donors (Lipinski definition) is 0. The summed E-state index contributed by atoms with van der Waals surface area (Å²) < 4.78 is 2.10. The van der Waals surface area contributed by atoms with Crippen LogP contribution >= 0.6 is 11.8 Å². The number of thioether (sulfide) groups is 1. The molecule has 0 bridgehead atoms. The summed E-state index contributed by atoms with van der Waals surface area (Å²) in [6.45, 7) is 9.69. The van der Waals surface area contributed by atoms with Crippen LogP contribution < -0.4 is 0 Å². The first-order valence-corrected chi connectivity index (χ1v) is 7.54. The van der Waals surface area contributed by atoms with E-state index in [2.05, 4.69) is 47.9 Å². The fourth-order valence-electron chi connectivity index (χ4n) is 1.80. The van der Waals surface area contributed by atoms with Gasteiger partial charge in [0.2, 0.25) is 0 Å². The molecule has 0 aliphatic rings. The fraction of sp³-hybridized carbons (Fsp3) is 0.769. The normalized spacial score (nSPS) is 13.3. The van der Waals surface area contributed by atoms with Crippen LogP contribution in [0.15, 0.2) is 6.07 Å². The summed E-state index contributed by atoms with van der Waals surface area (Å²) in [5, 5.41) is 5.24. The van der Waals surface area contributed by atoms with E-state index >= 15 is 0 Å².